The van der Waals surface area contributed by atoms with Crippen molar-refractivity contribution in [2.24, 2.45) is 0 Å². The summed E-state index contributed by atoms with van der Waals surface area (Å²) in [6.45, 7) is 0. The van der Waals surface area contributed by atoms with E-state index in [9.17, 15) is 22.0 Å². The molecule has 1 rings (SSSR count). The average molecular weight is 348 g/mol. The van der Waals surface area contributed by atoms with E-state index in [0.29, 0.717) is 6.07 Å². The lowest BCUT2D eigenvalue weighted by molar-refractivity contribution is -0.143. The van der Waals surface area contributed by atoms with Crippen LogP contribution < -0.4 is 0 Å². The van der Waals surface area contributed by atoms with E-state index in [0.717, 1.165) is 0 Å². The molecule has 2 nitrogen and oxygen atoms in total. The van der Waals surface area contributed by atoms with Gasteiger partial charge in [-0.1, -0.05) is 0 Å². The molecule has 0 saturated carbocycles. The summed E-state index contributed by atoms with van der Waals surface area (Å²) in [6.07, 6.45) is -8.28. The van der Waals surface area contributed by atoms with Crippen LogP contribution >= 0.6 is 22.6 Å². The Balaban J connectivity index is 3.51. The highest BCUT2D eigenvalue weighted by Gasteiger charge is 2.38. The summed E-state index contributed by atoms with van der Waals surface area (Å²) in [5, 5.41) is 8.47. The number of hydrogen-bond acceptors (Lipinski definition) is 2. The minimum atomic E-state index is -5.00. The van der Waals surface area contributed by atoms with Gasteiger partial charge in [-0.25, -0.2) is 13.8 Å². The molecular formula is C8H2F5IN2. The maximum absolute atomic E-state index is 12.3. The van der Waals surface area contributed by atoms with Crippen molar-refractivity contribution in [1.29, 1.82) is 5.26 Å². The minimum Gasteiger partial charge on any atom is -0.231 e. The van der Waals surface area contributed by atoms with Gasteiger partial charge >= 0.3 is 6.18 Å². The van der Waals surface area contributed by atoms with Gasteiger partial charge in [-0.3, -0.25) is 0 Å². The Morgan fingerprint density at radius 2 is 1.94 bits per heavy atom. The number of hydrogen-bond donors (Lipinski definition) is 0. The highest BCUT2D eigenvalue weighted by molar-refractivity contribution is 14.1. The van der Waals surface area contributed by atoms with Crippen molar-refractivity contribution in [3.8, 4) is 6.07 Å². The van der Waals surface area contributed by atoms with Crippen molar-refractivity contribution >= 4 is 22.6 Å². The third-order valence-electron chi connectivity index (χ3n) is 1.61. The van der Waals surface area contributed by atoms with Crippen LogP contribution in [0.1, 0.15) is 23.4 Å². The molecule has 1 aromatic heterocycles. The molecule has 86 valence electrons. The summed E-state index contributed by atoms with van der Waals surface area (Å²) >= 11 is 1.48. The number of nitrogens with zero attached hydrogens (tertiary/aromatic N) is 2. The van der Waals surface area contributed by atoms with Crippen molar-refractivity contribution in [2.75, 3.05) is 0 Å². The predicted molar refractivity (Wildman–Crippen MR) is 51.6 cm³/mol. The Morgan fingerprint density at radius 3 is 2.31 bits per heavy atom. The van der Waals surface area contributed by atoms with Crippen LogP contribution in [0.4, 0.5) is 22.0 Å². The zero-order valence-electron chi connectivity index (χ0n) is 7.32. The van der Waals surface area contributed by atoms with E-state index in [-0.39, 0.29) is 3.57 Å². The molecular weight excluding hydrogens is 346 g/mol. The smallest absolute Gasteiger partial charge is 0.231 e. The molecule has 0 radical (unpaired) electrons. The second-order valence-corrected chi connectivity index (χ2v) is 3.83. The van der Waals surface area contributed by atoms with E-state index in [4.69, 9.17) is 5.26 Å². The molecule has 0 aromatic carbocycles. The van der Waals surface area contributed by atoms with Gasteiger partial charge < -0.3 is 0 Å². The average Bonchev–Trinajstić information content (AvgIpc) is 2.15. The predicted octanol–water partition coefficient (Wildman–Crippen LogP) is 3.51. The van der Waals surface area contributed by atoms with Crippen LogP contribution in [-0.2, 0) is 6.18 Å². The largest absolute Gasteiger partial charge is 0.433 e. The number of nitriles is 1. The molecule has 0 aliphatic carbocycles. The standard InChI is InChI=1S/C8H2F5IN2/c9-7(10)3-1-4(14)5(2-15)16-6(3)8(11,12)13/h1,7H. The fourth-order valence-corrected chi connectivity index (χ4v) is 1.55. The van der Waals surface area contributed by atoms with Crippen molar-refractivity contribution in [3.63, 3.8) is 0 Å². The number of halogens is 6. The summed E-state index contributed by atoms with van der Waals surface area (Å²) in [5.74, 6) is 0. The molecule has 1 aromatic rings. The van der Waals surface area contributed by atoms with Gasteiger partial charge in [0.25, 0.3) is 6.43 Å². The van der Waals surface area contributed by atoms with Gasteiger partial charge in [0.2, 0.25) is 0 Å². The maximum Gasteiger partial charge on any atom is 0.433 e. The first-order chi connectivity index (χ1) is 7.27. The van der Waals surface area contributed by atoms with Gasteiger partial charge in [0.1, 0.15) is 6.07 Å². The summed E-state index contributed by atoms with van der Waals surface area (Å²) in [6, 6.07) is 2.03. The number of aromatic nitrogens is 1. The summed E-state index contributed by atoms with van der Waals surface area (Å²) in [5.41, 5.74) is -3.44. The first-order valence-corrected chi connectivity index (χ1v) is 4.81. The first-order valence-electron chi connectivity index (χ1n) is 3.73. The van der Waals surface area contributed by atoms with Gasteiger partial charge in [0.15, 0.2) is 11.4 Å². The highest BCUT2D eigenvalue weighted by Crippen LogP contribution is 2.36. The Bertz CT molecular complexity index is 449. The van der Waals surface area contributed by atoms with Gasteiger partial charge in [-0.2, -0.15) is 18.4 Å². The summed E-state index contributed by atoms with van der Waals surface area (Å²) in [7, 11) is 0. The Labute approximate surface area is 100 Å². The SMILES string of the molecule is N#Cc1nc(C(F)(F)F)c(C(F)F)cc1I. The molecule has 0 amide bonds. The minimum absolute atomic E-state index is 0.0385. The fraction of sp³-hybridized carbons (Fsp3) is 0.250. The quantitative estimate of drug-likeness (QED) is 0.575. The van der Waals surface area contributed by atoms with Crippen LogP contribution in [0, 0.1) is 14.9 Å². The monoisotopic (exact) mass is 348 g/mol. The molecule has 0 spiro atoms. The molecule has 0 unspecified atom stereocenters. The van der Waals surface area contributed by atoms with Crippen LogP contribution in [0.5, 0.6) is 0 Å². The molecule has 0 N–H and O–H groups in total. The zero-order valence-corrected chi connectivity index (χ0v) is 9.47. The van der Waals surface area contributed by atoms with Crippen LogP contribution in [-0.4, -0.2) is 4.98 Å². The van der Waals surface area contributed by atoms with Crippen molar-refractivity contribution in [3.05, 3.63) is 26.6 Å². The number of rotatable bonds is 1. The normalized spacial score (nSPS) is 11.6. The second kappa shape index (κ2) is 4.48. The zero-order chi connectivity index (χ0) is 12.5. The van der Waals surface area contributed by atoms with E-state index >= 15 is 0 Å². The molecule has 1 heterocycles. The molecule has 0 bridgehead atoms. The van der Waals surface area contributed by atoms with Crippen LogP contribution in [0.25, 0.3) is 0 Å². The van der Waals surface area contributed by atoms with Crippen LogP contribution in [0.15, 0.2) is 6.07 Å². The molecule has 0 aliphatic rings. The third-order valence-corrected chi connectivity index (χ3v) is 2.44. The molecule has 0 aliphatic heterocycles. The second-order valence-electron chi connectivity index (χ2n) is 2.67. The Hall–Kier alpha value is -0.980. The maximum atomic E-state index is 12.3. The van der Waals surface area contributed by atoms with E-state index in [1.165, 1.54) is 28.7 Å². The fourth-order valence-electron chi connectivity index (χ4n) is 0.975. The third kappa shape index (κ3) is 2.58. The van der Waals surface area contributed by atoms with E-state index in [1.807, 2.05) is 0 Å². The Morgan fingerprint density at radius 1 is 1.38 bits per heavy atom. The molecule has 0 atom stereocenters. The van der Waals surface area contributed by atoms with Crippen LogP contribution in [0.2, 0.25) is 0 Å². The van der Waals surface area contributed by atoms with E-state index in [2.05, 4.69) is 4.98 Å². The molecule has 8 heteroatoms. The summed E-state index contributed by atoms with van der Waals surface area (Å²) in [4.78, 5) is 2.91. The van der Waals surface area contributed by atoms with Gasteiger partial charge in [0, 0.05) is 5.56 Å². The van der Waals surface area contributed by atoms with Gasteiger partial charge in [-0.05, 0) is 28.7 Å². The highest BCUT2D eigenvalue weighted by atomic mass is 127. The molecule has 0 saturated heterocycles. The van der Waals surface area contributed by atoms with Crippen LogP contribution in [0.3, 0.4) is 0 Å². The lowest BCUT2D eigenvalue weighted by atomic mass is 10.1. The Kier molecular flexibility index (Phi) is 3.67. The van der Waals surface area contributed by atoms with Gasteiger partial charge in [0.05, 0.1) is 3.57 Å². The van der Waals surface area contributed by atoms with E-state index < -0.39 is 29.6 Å². The first kappa shape index (κ1) is 13.1. The lowest BCUT2D eigenvalue weighted by Gasteiger charge is -2.12. The topological polar surface area (TPSA) is 36.7 Å². The molecule has 0 fully saturated rings. The summed E-state index contributed by atoms with van der Waals surface area (Å²) < 4.78 is 61.7. The lowest BCUT2D eigenvalue weighted by Crippen LogP contribution is -2.14. The number of pyridine rings is 1. The van der Waals surface area contributed by atoms with Crippen molar-refractivity contribution < 1.29 is 22.0 Å². The molecule has 16 heavy (non-hydrogen) atoms. The van der Waals surface area contributed by atoms with Crippen molar-refractivity contribution in [1.82, 2.24) is 4.98 Å². The number of alkyl halides is 5. The van der Waals surface area contributed by atoms with E-state index in [1.54, 1.807) is 0 Å². The van der Waals surface area contributed by atoms with Gasteiger partial charge in [-0.15, -0.1) is 0 Å². The van der Waals surface area contributed by atoms with Crippen molar-refractivity contribution in [2.45, 2.75) is 12.6 Å².